The lowest BCUT2D eigenvalue weighted by Gasteiger charge is -2.24. The van der Waals surface area contributed by atoms with Crippen LogP contribution in [0.5, 0.6) is 0 Å². The first-order chi connectivity index (χ1) is 8.12. The number of carbonyl (C=O) groups excluding carboxylic acids is 1. The van der Waals surface area contributed by atoms with E-state index in [0.717, 1.165) is 21.4 Å². The quantitative estimate of drug-likeness (QED) is 0.715. The van der Waals surface area contributed by atoms with Crippen LogP contribution in [0.3, 0.4) is 0 Å². The number of urea groups is 1. The molecule has 2 aliphatic rings. The van der Waals surface area contributed by atoms with Crippen molar-refractivity contribution in [2.45, 2.75) is 11.8 Å². The third-order valence-electron chi connectivity index (χ3n) is 3.19. The van der Waals surface area contributed by atoms with E-state index in [1.807, 2.05) is 38.2 Å². The van der Waals surface area contributed by atoms with Crippen molar-refractivity contribution in [3.05, 3.63) is 36.2 Å². The van der Waals surface area contributed by atoms with Gasteiger partial charge in [-0.05, 0) is 23.9 Å². The number of thioether (sulfide) groups is 1. The van der Waals surface area contributed by atoms with Gasteiger partial charge in [-0.1, -0.05) is 12.1 Å². The average molecular weight is 246 g/mol. The number of hydrogen-bond acceptors (Lipinski definition) is 3. The zero-order valence-corrected chi connectivity index (χ0v) is 10.4. The van der Waals surface area contributed by atoms with Crippen LogP contribution in [-0.2, 0) is 0 Å². The molecule has 2 heterocycles. The highest BCUT2D eigenvalue weighted by Crippen LogP contribution is 2.39. The molecule has 2 amide bonds. The van der Waals surface area contributed by atoms with Crippen LogP contribution in [0.25, 0.3) is 0 Å². The molecule has 0 bridgehead atoms. The standard InChI is InChI=1S/C12H11N3OS/c1-8-7-13-12-15(8,2)11(16)14-9-5-3-4-6-10(9)17-12/h3-7H,1-2H3/p+1. The van der Waals surface area contributed by atoms with E-state index in [-0.39, 0.29) is 10.5 Å². The van der Waals surface area contributed by atoms with Crippen molar-refractivity contribution in [1.82, 2.24) is 0 Å². The Hall–Kier alpha value is -1.59. The highest BCUT2D eigenvalue weighted by molar-refractivity contribution is 8.13. The molecule has 0 spiro atoms. The number of amides is 2. The molecule has 1 atom stereocenters. The fraction of sp³-hybridized carbons (Fsp3) is 0.167. The second kappa shape index (κ2) is 3.45. The summed E-state index contributed by atoms with van der Waals surface area (Å²) in [5, 5.41) is 3.75. The van der Waals surface area contributed by atoms with Gasteiger partial charge in [0.25, 0.3) is 5.17 Å². The van der Waals surface area contributed by atoms with Crippen LogP contribution in [-0.4, -0.2) is 22.7 Å². The fourth-order valence-electron chi connectivity index (χ4n) is 1.88. The maximum Gasteiger partial charge on any atom is 0.432 e. The molecule has 4 nitrogen and oxygen atoms in total. The molecular formula is C12H12N3OS+. The Kier molecular flexibility index (Phi) is 2.14. The normalized spacial score (nSPS) is 26.4. The predicted octanol–water partition coefficient (Wildman–Crippen LogP) is 3.00. The van der Waals surface area contributed by atoms with Gasteiger partial charge in [-0.15, -0.1) is 0 Å². The highest BCUT2D eigenvalue weighted by Gasteiger charge is 2.46. The van der Waals surface area contributed by atoms with Gasteiger partial charge in [-0.2, -0.15) is 9.48 Å². The second-order valence-electron chi connectivity index (χ2n) is 4.22. The van der Waals surface area contributed by atoms with E-state index in [1.54, 1.807) is 18.0 Å². The molecule has 1 unspecified atom stereocenters. The molecule has 0 aliphatic carbocycles. The number of hydrogen-bond donors (Lipinski definition) is 1. The smallest absolute Gasteiger partial charge is 0.273 e. The zero-order chi connectivity index (χ0) is 12.0. The molecular weight excluding hydrogens is 234 g/mol. The van der Waals surface area contributed by atoms with E-state index in [1.165, 1.54) is 0 Å². The molecule has 5 heteroatoms. The number of benzene rings is 1. The number of allylic oxidation sites excluding steroid dienone is 1. The summed E-state index contributed by atoms with van der Waals surface area (Å²) in [7, 11) is 1.87. The predicted molar refractivity (Wildman–Crippen MR) is 68.7 cm³/mol. The van der Waals surface area contributed by atoms with Gasteiger partial charge < -0.3 is 0 Å². The lowest BCUT2D eigenvalue weighted by atomic mass is 10.3. The largest absolute Gasteiger partial charge is 0.432 e. The van der Waals surface area contributed by atoms with Gasteiger partial charge in [0.2, 0.25) is 0 Å². The van der Waals surface area contributed by atoms with Crippen molar-refractivity contribution in [3.8, 4) is 0 Å². The van der Waals surface area contributed by atoms with Crippen molar-refractivity contribution in [1.29, 1.82) is 0 Å². The van der Waals surface area contributed by atoms with Gasteiger partial charge in [0.15, 0.2) is 0 Å². The Bertz CT molecular complexity index is 579. The first-order valence-corrected chi connectivity index (χ1v) is 6.14. The third-order valence-corrected chi connectivity index (χ3v) is 4.41. The molecule has 0 fully saturated rings. The number of rotatable bonds is 0. The summed E-state index contributed by atoms with van der Waals surface area (Å²) < 4.78 is 0.124. The maximum atomic E-state index is 12.3. The number of amidine groups is 1. The van der Waals surface area contributed by atoms with E-state index in [0.29, 0.717) is 0 Å². The SMILES string of the molecule is CC1=CN=C2Sc3ccccc3NC(=O)[N+]12C. The van der Waals surface area contributed by atoms with Crippen molar-refractivity contribution in [2.24, 2.45) is 4.99 Å². The number of nitrogens with one attached hydrogen (secondary N) is 1. The minimum Gasteiger partial charge on any atom is -0.273 e. The van der Waals surface area contributed by atoms with Crippen LogP contribution in [0.1, 0.15) is 6.92 Å². The van der Waals surface area contributed by atoms with Crippen LogP contribution in [0.4, 0.5) is 10.5 Å². The Labute approximate surface area is 104 Å². The minimum atomic E-state index is -0.0625. The summed E-state index contributed by atoms with van der Waals surface area (Å²) >= 11 is 1.54. The van der Waals surface area contributed by atoms with E-state index >= 15 is 0 Å². The topological polar surface area (TPSA) is 41.5 Å². The molecule has 0 saturated heterocycles. The number of nitrogens with zero attached hydrogens (tertiary/aromatic N) is 2. The molecule has 86 valence electrons. The summed E-state index contributed by atoms with van der Waals surface area (Å²) in [5.74, 6) is 0. The molecule has 1 N–H and O–H groups in total. The molecule has 0 radical (unpaired) electrons. The number of fused-ring (bicyclic) bond motifs is 2. The second-order valence-corrected chi connectivity index (χ2v) is 5.23. The van der Waals surface area contributed by atoms with E-state index in [4.69, 9.17) is 0 Å². The summed E-state index contributed by atoms with van der Waals surface area (Å²) in [4.78, 5) is 17.7. The molecule has 1 aromatic rings. The Morgan fingerprint density at radius 1 is 1.35 bits per heavy atom. The van der Waals surface area contributed by atoms with Crippen molar-refractivity contribution >= 4 is 28.6 Å². The van der Waals surface area contributed by atoms with Crippen molar-refractivity contribution < 1.29 is 9.28 Å². The van der Waals surface area contributed by atoms with Crippen molar-refractivity contribution in [3.63, 3.8) is 0 Å². The Morgan fingerprint density at radius 2 is 2.12 bits per heavy atom. The lowest BCUT2D eigenvalue weighted by Crippen LogP contribution is -2.50. The number of para-hydroxylation sites is 1. The molecule has 1 aromatic carbocycles. The van der Waals surface area contributed by atoms with Crippen molar-refractivity contribution in [2.75, 3.05) is 12.4 Å². The molecule has 17 heavy (non-hydrogen) atoms. The minimum absolute atomic E-state index is 0.0625. The van der Waals surface area contributed by atoms with Crippen LogP contribution >= 0.6 is 11.8 Å². The van der Waals surface area contributed by atoms with Crippen LogP contribution in [0, 0.1) is 0 Å². The third kappa shape index (κ3) is 1.36. The maximum absolute atomic E-state index is 12.3. The van der Waals surface area contributed by atoms with Gasteiger partial charge in [0, 0.05) is 11.8 Å². The summed E-state index contributed by atoms with van der Waals surface area (Å²) in [6, 6.07) is 7.72. The average Bonchev–Trinajstić information content (AvgIpc) is 2.55. The Morgan fingerprint density at radius 3 is 2.94 bits per heavy atom. The molecule has 2 aliphatic heterocycles. The number of anilines is 1. The molecule has 3 rings (SSSR count). The zero-order valence-electron chi connectivity index (χ0n) is 9.60. The Balaban J connectivity index is 2.14. The van der Waals surface area contributed by atoms with Crippen LogP contribution < -0.4 is 5.32 Å². The molecule has 0 aromatic heterocycles. The summed E-state index contributed by atoms with van der Waals surface area (Å²) in [5.41, 5.74) is 1.78. The van der Waals surface area contributed by atoms with Gasteiger partial charge in [-0.25, -0.2) is 4.79 Å². The lowest BCUT2D eigenvalue weighted by molar-refractivity contribution is -0.681. The summed E-state index contributed by atoms with van der Waals surface area (Å²) in [6.07, 6.45) is 1.76. The van der Waals surface area contributed by atoms with E-state index in [9.17, 15) is 4.79 Å². The van der Waals surface area contributed by atoms with Gasteiger partial charge >= 0.3 is 6.03 Å². The van der Waals surface area contributed by atoms with Gasteiger partial charge in [0.1, 0.15) is 5.70 Å². The first kappa shape index (κ1) is 10.6. The number of carbonyl (C=O) groups is 1. The number of aliphatic imine (C=N–C) groups is 1. The monoisotopic (exact) mass is 246 g/mol. The fourth-order valence-corrected chi connectivity index (χ4v) is 2.97. The van der Waals surface area contributed by atoms with Crippen LogP contribution in [0.15, 0.2) is 46.1 Å². The summed E-state index contributed by atoms with van der Waals surface area (Å²) in [6.45, 7) is 1.92. The first-order valence-electron chi connectivity index (χ1n) is 5.33. The number of quaternary nitrogens is 1. The molecule has 0 saturated carbocycles. The highest BCUT2D eigenvalue weighted by atomic mass is 32.2. The van der Waals surface area contributed by atoms with E-state index in [2.05, 4.69) is 10.3 Å². The van der Waals surface area contributed by atoms with Gasteiger partial charge in [0.05, 0.1) is 18.9 Å². The van der Waals surface area contributed by atoms with Gasteiger partial charge in [-0.3, -0.25) is 5.32 Å². The van der Waals surface area contributed by atoms with Crippen LogP contribution in [0.2, 0.25) is 0 Å². The van der Waals surface area contributed by atoms with E-state index < -0.39 is 0 Å².